The summed E-state index contributed by atoms with van der Waals surface area (Å²) >= 11 is 0. The maximum Gasteiger partial charge on any atom is 0.142 e. The molecule has 13 heavy (non-hydrogen) atoms. The van der Waals surface area contributed by atoms with Crippen molar-refractivity contribution in [2.45, 2.75) is 19.1 Å². The van der Waals surface area contributed by atoms with E-state index in [9.17, 15) is 5.11 Å². The first-order valence-electron chi connectivity index (χ1n) is 4.26. The molecule has 0 heterocycles. The zero-order valence-electron chi connectivity index (χ0n) is 7.95. The number of methoxy groups -OCH3 is 1. The number of para-hydroxylation sites is 1. The Labute approximate surface area is 78.1 Å². The van der Waals surface area contributed by atoms with Crippen molar-refractivity contribution in [3.05, 3.63) is 29.8 Å². The first-order chi connectivity index (χ1) is 6.11. The van der Waals surface area contributed by atoms with Crippen LogP contribution in [0.4, 0.5) is 0 Å². The van der Waals surface area contributed by atoms with E-state index in [0.29, 0.717) is 17.7 Å². The molecule has 1 unspecified atom stereocenters. The second-order valence-corrected chi connectivity index (χ2v) is 2.98. The number of benzene rings is 1. The second-order valence-electron chi connectivity index (χ2n) is 2.98. The van der Waals surface area contributed by atoms with Gasteiger partial charge in [0.2, 0.25) is 0 Å². The van der Waals surface area contributed by atoms with Crippen LogP contribution in [0, 0.1) is 0 Å². The lowest BCUT2D eigenvalue weighted by atomic mass is 10.0. The fourth-order valence-electron chi connectivity index (χ4n) is 1.19. The van der Waals surface area contributed by atoms with E-state index in [2.05, 4.69) is 0 Å². The summed E-state index contributed by atoms with van der Waals surface area (Å²) in [6.45, 7) is 1.83. The van der Waals surface area contributed by atoms with Crippen LogP contribution < -0.4 is 10.5 Å². The number of ether oxygens (including phenoxy) is 1. The van der Waals surface area contributed by atoms with E-state index in [0.717, 1.165) is 0 Å². The van der Waals surface area contributed by atoms with Crippen LogP contribution in [0.15, 0.2) is 24.3 Å². The minimum absolute atomic E-state index is 0.452. The molecule has 0 aromatic heterocycles. The highest BCUT2D eigenvalue weighted by Gasteiger charge is 2.24. The minimum atomic E-state index is -1.30. The van der Waals surface area contributed by atoms with Crippen LogP contribution in [0.1, 0.15) is 18.9 Å². The van der Waals surface area contributed by atoms with Crippen LogP contribution in [0.3, 0.4) is 0 Å². The third-order valence-electron chi connectivity index (χ3n) is 2.11. The van der Waals surface area contributed by atoms with Gasteiger partial charge in [-0.05, 0) is 12.5 Å². The SMILES string of the molecule is CCC(N)(O)c1ccccc1OC. The highest BCUT2D eigenvalue weighted by molar-refractivity contribution is 5.37. The van der Waals surface area contributed by atoms with Gasteiger partial charge in [0.1, 0.15) is 11.5 Å². The fraction of sp³-hybridized carbons (Fsp3) is 0.400. The van der Waals surface area contributed by atoms with Crippen molar-refractivity contribution in [3.8, 4) is 5.75 Å². The van der Waals surface area contributed by atoms with Crippen molar-refractivity contribution >= 4 is 0 Å². The Morgan fingerprint density at radius 1 is 1.46 bits per heavy atom. The van der Waals surface area contributed by atoms with Crippen LogP contribution in [0.2, 0.25) is 0 Å². The molecule has 1 aromatic rings. The van der Waals surface area contributed by atoms with Gasteiger partial charge in [0.25, 0.3) is 0 Å². The monoisotopic (exact) mass is 181 g/mol. The molecular formula is C10H15NO2. The molecule has 0 radical (unpaired) electrons. The molecular weight excluding hydrogens is 166 g/mol. The van der Waals surface area contributed by atoms with Crippen LogP contribution in [-0.4, -0.2) is 12.2 Å². The summed E-state index contributed by atoms with van der Waals surface area (Å²) in [5.41, 5.74) is 5.02. The molecule has 1 atom stereocenters. The smallest absolute Gasteiger partial charge is 0.142 e. The summed E-state index contributed by atoms with van der Waals surface area (Å²) in [4.78, 5) is 0. The lowest BCUT2D eigenvalue weighted by Crippen LogP contribution is -2.35. The van der Waals surface area contributed by atoms with Gasteiger partial charge >= 0.3 is 0 Å². The molecule has 0 spiro atoms. The lowest BCUT2D eigenvalue weighted by Gasteiger charge is -2.23. The molecule has 1 rings (SSSR count). The maximum absolute atomic E-state index is 9.80. The Hall–Kier alpha value is -1.06. The lowest BCUT2D eigenvalue weighted by molar-refractivity contribution is 0.0370. The Bertz CT molecular complexity index is 284. The number of rotatable bonds is 3. The average molecular weight is 181 g/mol. The predicted molar refractivity (Wildman–Crippen MR) is 51.4 cm³/mol. The molecule has 3 N–H and O–H groups in total. The molecule has 72 valence electrons. The third kappa shape index (κ3) is 1.99. The second kappa shape index (κ2) is 3.77. The van der Waals surface area contributed by atoms with Gasteiger partial charge in [0, 0.05) is 5.56 Å². The third-order valence-corrected chi connectivity index (χ3v) is 2.11. The van der Waals surface area contributed by atoms with Gasteiger partial charge in [-0.2, -0.15) is 0 Å². The largest absolute Gasteiger partial charge is 0.496 e. The molecule has 0 saturated heterocycles. The van der Waals surface area contributed by atoms with Gasteiger partial charge in [-0.25, -0.2) is 0 Å². The molecule has 1 aromatic carbocycles. The standard InChI is InChI=1S/C10H15NO2/c1-3-10(11,12)8-6-4-5-7-9(8)13-2/h4-7,12H,3,11H2,1-2H3. The zero-order chi connectivity index (χ0) is 9.90. The van der Waals surface area contributed by atoms with Crippen LogP contribution in [-0.2, 0) is 5.72 Å². The number of aliphatic hydroxyl groups is 1. The quantitative estimate of drug-likeness (QED) is 0.689. The average Bonchev–Trinajstić information content (AvgIpc) is 2.18. The van der Waals surface area contributed by atoms with E-state index in [-0.39, 0.29) is 0 Å². The summed E-state index contributed by atoms with van der Waals surface area (Å²) in [7, 11) is 1.56. The van der Waals surface area contributed by atoms with Crippen molar-refractivity contribution in [1.29, 1.82) is 0 Å². The summed E-state index contributed by atoms with van der Waals surface area (Å²) in [6, 6.07) is 7.21. The molecule has 0 fully saturated rings. The highest BCUT2D eigenvalue weighted by Crippen LogP contribution is 2.27. The molecule has 3 nitrogen and oxygen atoms in total. The molecule has 0 amide bonds. The summed E-state index contributed by atoms with van der Waals surface area (Å²) in [6.07, 6.45) is 0.452. The number of hydrogen-bond acceptors (Lipinski definition) is 3. The summed E-state index contributed by atoms with van der Waals surface area (Å²) < 4.78 is 5.09. The van der Waals surface area contributed by atoms with E-state index in [1.807, 2.05) is 19.1 Å². The Morgan fingerprint density at radius 2 is 2.08 bits per heavy atom. The maximum atomic E-state index is 9.80. The van der Waals surface area contributed by atoms with Gasteiger partial charge in [-0.1, -0.05) is 25.1 Å². The van der Waals surface area contributed by atoms with Gasteiger partial charge < -0.3 is 9.84 Å². The molecule has 0 aliphatic rings. The minimum Gasteiger partial charge on any atom is -0.496 e. The number of nitrogens with two attached hydrogens (primary N) is 1. The summed E-state index contributed by atoms with van der Waals surface area (Å²) in [5, 5.41) is 9.80. The molecule has 3 heteroatoms. The van der Waals surface area contributed by atoms with Crippen molar-refractivity contribution in [1.82, 2.24) is 0 Å². The van der Waals surface area contributed by atoms with E-state index < -0.39 is 5.72 Å². The van der Waals surface area contributed by atoms with Crippen LogP contribution in [0.25, 0.3) is 0 Å². The molecule has 0 aliphatic carbocycles. The Balaban J connectivity index is 3.12. The predicted octanol–water partition coefficient (Wildman–Crippen LogP) is 1.21. The van der Waals surface area contributed by atoms with E-state index in [1.54, 1.807) is 19.2 Å². The van der Waals surface area contributed by atoms with E-state index in [4.69, 9.17) is 10.5 Å². The molecule has 0 aliphatic heterocycles. The fourth-order valence-corrected chi connectivity index (χ4v) is 1.19. The van der Waals surface area contributed by atoms with Crippen molar-refractivity contribution < 1.29 is 9.84 Å². The van der Waals surface area contributed by atoms with Gasteiger partial charge in [0.15, 0.2) is 0 Å². The first-order valence-corrected chi connectivity index (χ1v) is 4.26. The van der Waals surface area contributed by atoms with Gasteiger partial charge in [0.05, 0.1) is 7.11 Å². The van der Waals surface area contributed by atoms with Gasteiger partial charge in [-0.3, -0.25) is 5.73 Å². The Kier molecular flexibility index (Phi) is 2.90. The van der Waals surface area contributed by atoms with Crippen LogP contribution in [0.5, 0.6) is 5.75 Å². The topological polar surface area (TPSA) is 55.5 Å². The van der Waals surface area contributed by atoms with Crippen molar-refractivity contribution in [2.75, 3.05) is 7.11 Å². The normalized spacial score (nSPS) is 15.1. The number of hydrogen-bond donors (Lipinski definition) is 2. The van der Waals surface area contributed by atoms with Crippen molar-refractivity contribution in [3.63, 3.8) is 0 Å². The molecule has 0 saturated carbocycles. The zero-order valence-corrected chi connectivity index (χ0v) is 7.95. The van der Waals surface area contributed by atoms with Gasteiger partial charge in [-0.15, -0.1) is 0 Å². The Morgan fingerprint density at radius 3 is 2.62 bits per heavy atom. The first kappa shape index (κ1) is 10.0. The van der Waals surface area contributed by atoms with Crippen molar-refractivity contribution in [2.24, 2.45) is 5.73 Å². The van der Waals surface area contributed by atoms with Crippen LogP contribution >= 0.6 is 0 Å². The van der Waals surface area contributed by atoms with E-state index >= 15 is 0 Å². The highest BCUT2D eigenvalue weighted by atomic mass is 16.5. The molecule has 0 bridgehead atoms. The van der Waals surface area contributed by atoms with E-state index in [1.165, 1.54) is 0 Å². The summed E-state index contributed by atoms with van der Waals surface area (Å²) in [5.74, 6) is 0.620.